The molecule has 0 aliphatic carbocycles. The van der Waals surface area contributed by atoms with Gasteiger partial charge in [0.25, 0.3) is 0 Å². The number of rotatable bonds is 21. The van der Waals surface area contributed by atoms with Gasteiger partial charge >= 0.3 is 5.97 Å². The van der Waals surface area contributed by atoms with Crippen molar-refractivity contribution >= 4 is 16.7 Å². The summed E-state index contributed by atoms with van der Waals surface area (Å²) in [7, 11) is 0. The van der Waals surface area contributed by atoms with Crippen molar-refractivity contribution in [1.82, 2.24) is 0 Å². The highest BCUT2D eigenvalue weighted by Gasteiger charge is 2.18. The largest absolute Gasteiger partial charge is 0.507 e. The zero-order valence-corrected chi connectivity index (χ0v) is 33.8. The molecule has 0 aliphatic rings. The molecule has 0 heterocycles. The molecule has 0 aromatic heterocycles. The summed E-state index contributed by atoms with van der Waals surface area (Å²) < 4.78 is 5.58. The van der Waals surface area contributed by atoms with Gasteiger partial charge in [-0.15, -0.1) is 0 Å². The Morgan fingerprint density at radius 3 is 1.27 bits per heavy atom. The molecule has 0 aliphatic heterocycles. The highest BCUT2D eigenvalue weighted by molar-refractivity contribution is 5.97. The number of fused-ring (bicyclic) bond motifs is 1. The Bertz CT molecular complexity index is 1650. The average Bonchev–Trinajstić information content (AvgIpc) is 3.06. The van der Waals surface area contributed by atoms with Gasteiger partial charge < -0.3 is 9.84 Å². The van der Waals surface area contributed by atoms with Crippen LogP contribution in [0.25, 0.3) is 10.8 Å². The maximum Gasteiger partial charge on any atom is 0.308 e. The Balaban J connectivity index is 1.73. The van der Waals surface area contributed by atoms with E-state index in [9.17, 15) is 9.90 Å². The molecule has 0 spiro atoms. The van der Waals surface area contributed by atoms with Gasteiger partial charge in [-0.25, -0.2) is 0 Å². The lowest BCUT2D eigenvalue weighted by Crippen LogP contribution is -2.05. The summed E-state index contributed by atoms with van der Waals surface area (Å²) in [6, 6.07) is 7.54. The molecule has 3 nitrogen and oxygen atoms in total. The fourth-order valence-electron chi connectivity index (χ4n) is 6.30. The number of carbonyl (C=O) groups is 1. The minimum atomic E-state index is -0.359. The third kappa shape index (κ3) is 17.3. The van der Waals surface area contributed by atoms with Crippen LogP contribution in [-0.2, 0) is 11.2 Å². The number of hydrogen-bond donors (Lipinski definition) is 1. The van der Waals surface area contributed by atoms with Gasteiger partial charge in [0.2, 0.25) is 0 Å². The second kappa shape index (κ2) is 23.6. The number of aromatic hydroxyl groups is 1. The predicted molar refractivity (Wildman–Crippen MR) is 223 cm³/mol. The molecule has 0 saturated heterocycles. The summed E-state index contributed by atoms with van der Waals surface area (Å²) in [6.07, 6.45) is 30.5. The Kier molecular flexibility index (Phi) is 20.0. The smallest absolute Gasteiger partial charge is 0.308 e. The minimum Gasteiger partial charge on any atom is -0.507 e. The quantitative estimate of drug-likeness (QED) is 0.0805. The fraction of sp³-hybridized carbons (Fsp3) is 0.479. The van der Waals surface area contributed by atoms with Gasteiger partial charge in [0.15, 0.2) is 0 Å². The van der Waals surface area contributed by atoms with E-state index in [4.69, 9.17) is 4.74 Å². The maximum absolute atomic E-state index is 11.8. The lowest BCUT2D eigenvalue weighted by Gasteiger charge is -2.16. The highest BCUT2D eigenvalue weighted by Crippen LogP contribution is 2.40. The van der Waals surface area contributed by atoms with E-state index < -0.39 is 0 Å². The number of esters is 1. The van der Waals surface area contributed by atoms with Crippen molar-refractivity contribution in [2.75, 3.05) is 0 Å². The SMILES string of the molecule is CC(=O)Oc1c(C)c(C/C=C(\C)CC/C=C(\C)CC/C=C(\C)CC/C=C(\C)CC/C=C(\C)CC/C=C(\C)CCC=C(C)C)c(O)c2ccccc12. The van der Waals surface area contributed by atoms with Crippen molar-refractivity contribution in [3.05, 3.63) is 117 Å². The molecule has 0 radical (unpaired) electrons. The number of phenolic OH excluding ortho intramolecular Hbond substituents is 1. The van der Waals surface area contributed by atoms with E-state index in [1.807, 2.05) is 31.2 Å². The summed E-state index contributed by atoms with van der Waals surface area (Å²) >= 11 is 0. The van der Waals surface area contributed by atoms with E-state index >= 15 is 0 Å². The molecule has 0 unspecified atom stereocenters. The number of carbonyl (C=O) groups excluding carboxylic acids is 1. The zero-order valence-electron chi connectivity index (χ0n) is 33.8. The first-order valence-corrected chi connectivity index (χ1v) is 19.3. The van der Waals surface area contributed by atoms with Gasteiger partial charge in [-0.05, 0) is 151 Å². The normalized spacial score (nSPS) is 13.6. The third-order valence-electron chi connectivity index (χ3n) is 9.65. The second-order valence-electron chi connectivity index (χ2n) is 14.9. The monoisotopic (exact) mass is 693 g/mol. The molecule has 1 N–H and O–H groups in total. The molecule has 0 atom stereocenters. The summed E-state index contributed by atoms with van der Waals surface area (Å²) in [5, 5.41) is 12.5. The molecule has 2 aromatic rings. The molecule has 0 fully saturated rings. The number of benzene rings is 2. The number of allylic oxidation sites excluding steroid dienone is 14. The average molecular weight is 693 g/mol. The molecule has 0 bridgehead atoms. The Labute approximate surface area is 311 Å². The van der Waals surface area contributed by atoms with E-state index in [0.29, 0.717) is 17.6 Å². The molecule has 278 valence electrons. The Hall–Kier alpha value is -3.85. The topological polar surface area (TPSA) is 46.5 Å². The van der Waals surface area contributed by atoms with Crippen LogP contribution in [-0.4, -0.2) is 11.1 Å². The van der Waals surface area contributed by atoms with Crippen LogP contribution in [0.5, 0.6) is 11.5 Å². The second-order valence-corrected chi connectivity index (χ2v) is 14.9. The molecule has 0 saturated carbocycles. The molecular formula is C48H68O3. The van der Waals surface area contributed by atoms with Crippen LogP contribution in [0.1, 0.15) is 150 Å². The third-order valence-corrected chi connectivity index (χ3v) is 9.65. The molecular weight excluding hydrogens is 625 g/mol. The predicted octanol–water partition coefficient (Wildman–Crippen LogP) is 14.6. The van der Waals surface area contributed by atoms with Crippen LogP contribution >= 0.6 is 0 Å². The summed E-state index contributed by atoms with van der Waals surface area (Å²) in [6.45, 7) is 21.2. The standard InChI is InChI=1S/C48H68O3/c1-35(2)19-13-20-36(3)21-14-22-37(4)23-15-24-38(5)25-16-26-39(6)27-17-28-40(7)29-18-30-41(8)33-34-44-42(9)48(51-43(10)49)46-32-12-11-31-45(46)47(44)50/h11-12,19,21,23,25,27,29,31-33,50H,13-18,20,22,24,26,28,30,34H2,1-10H3/b36-21+,37-23+,38-25+,39-27+,40-29+,41-33+. The first-order chi connectivity index (χ1) is 24.3. The maximum atomic E-state index is 11.8. The molecule has 51 heavy (non-hydrogen) atoms. The number of phenols is 1. The Morgan fingerprint density at radius 2 is 0.902 bits per heavy atom. The van der Waals surface area contributed by atoms with Crippen molar-refractivity contribution in [1.29, 1.82) is 0 Å². The van der Waals surface area contributed by atoms with Gasteiger partial charge in [0.05, 0.1) is 0 Å². The van der Waals surface area contributed by atoms with Gasteiger partial charge in [-0.3, -0.25) is 4.79 Å². The van der Waals surface area contributed by atoms with Crippen molar-refractivity contribution < 1.29 is 14.6 Å². The summed E-state index contributed by atoms with van der Waals surface area (Å²) in [4.78, 5) is 11.8. The van der Waals surface area contributed by atoms with E-state index in [1.165, 1.54) is 58.8 Å². The van der Waals surface area contributed by atoms with E-state index in [-0.39, 0.29) is 11.7 Å². The molecule has 2 rings (SSSR count). The van der Waals surface area contributed by atoms with Crippen LogP contribution < -0.4 is 4.74 Å². The first-order valence-electron chi connectivity index (χ1n) is 19.3. The van der Waals surface area contributed by atoms with Crippen molar-refractivity contribution in [2.24, 2.45) is 0 Å². The van der Waals surface area contributed by atoms with Gasteiger partial charge in [-0.1, -0.05) is 106 Å². The van der Waals surface area contributed by atoms with Gasteiger partial charge in [0, 0.05) is 23.3 Å². The minimum absolute atomic E-state index is 0.266. The zero-order chi connectivity index (χ0) is 37.8. The molecule has 3 heteroatoms. The van der Waals surface area contributed by atoms with E-state index in [0.717, 1.165) is 80.7 Å². The first kappa shape index (κ1) is 43.3. The fourth-order valence-corrected chi connectivity index (χ4v) is 6.30. The van der Waals surface area contributed by atoms with Crippen molar-refractivity contribution in [3.63, 3.8) is 0 Å². The lowest BCUT2D eigenvalue weighted by atomic mass is 9.95. The van der Waals surface area contributed by atoms with Crippen LogP contribution in [0.2, 0.25) is 0 Å². The van der Waals surface area contributed by atoms with Crippen LogP contribution in [0.4, 0.5) is 0 Å². The molecule has 2 aromatic carbocycles. The van der Waals surface area contributed by atoms with Crippen molar-refractivity contribution in [2.45, 2.75) is 153 Å². The Morgan fingerprint density at radius 1 is 0.549 bits per heavy atom. The summed E-state index contributed by atoms with van der Waals surface area (Å²) in [5.74, 6) is 0.445. The van der Waals surface area contributed by atoms with Crippen LogP contribution in [0, 0.1) is 6.92 Å². The lowest BCUT2D eigenvalue weighted by molar-refractivity contribution is -0.131. The molecule has 0 amide bonds. The van der Waals surface area contributed by atoms with Gasteiger partial charge in [-0.2, -0.15) is 0 Å². The van der Waals surface area contributed by atoms with Crippen LogP contribution in [0.15, 0.2) is 106 Å². The van der Waals surface area contributed by atoms with Crippen molar-refractivity contribution in [3.8, 4) is 11.5 Å². The highest BCUT2D eigenvalue weighted by atomic mass is 16.5. The van der Waals surface area contributed by atoms with E-state index in [2.05, 4.69) is 97.9 Å². The van der Waals surface area contributed by atoms with E-state index in [1.54, 1.807) is 0 Å². The number of ether oxygens (including phenoxy) is 1. The van der Waals surface area contributed by atoms with Crippen LogP contribution in [0.3, 0.4) is 0 Å². The summed E-state index contributed by atoms with van der Waals surface area (Å²) in [5.41, 5.74) is 11.8. The van der Waals surface area contributed by atoms with Gasteiger partial charge in [0.1, 0.15) is 11.5 Å². The number of hydrogen-bond acceptors (Lipinski definition) is 3.